The summed E-state index contributed by atoms with van der Waals surface area (Å²) in [6.07, 6.45) is 1.17. The van der Waals surface area contributed by atoms with Crippen molar-refractivity contribution in [3.63, 3.8) is 0 Å². The second kappa shape index (κ2) is 5.27. The fraction of sp³-hybridized carbons (Fsp3) is 0.692. The van der Waals surface area contributed by atoms with Gasteiger partial charge in [-0.2, -0.15) is 0 Å². The Morgan fingerprint density at radius 2 is 2.35 bits per heavy atom. The van der Waals surface area contributed by atoms with Crippen LogP contribution in [0.2, 0.25) is 4.34 Å². The molecule has 2 atom stereocenters. The average Bonchev–Trinajstić information content (AvgIpc) is 2.70. The SMILES string of the molecule is CCC1(C)CN(Cc2ccc(Cl)s2)C(C)CN1. The summed E-state index contributed by atoms with van der Waals surface area (Å²) in [4.78, 5) is 3.92. The molecule has 0 aromatic carbocycles. The van der Waals surface area contributed by atoms with Crippen LogP contribution < -0.4 is 5.32 Å². The van der Waals surface area contributed by atoms with Crippen molar-refractivity contribution >= 4 is 22.9 Å². The number of nitrogens with zero attached hydrogens (tertiary/aromatic N) is 1. The van der Waals surface area contributed by atoms with Crippen LogP contribution in [0.3, 0.4) is 0 Å². The molecule has 1 saturated heterocycles. The molecule has 96 valence electrons. The molecule has 2 rings (SSSR count). The summed E-state index contributed by atoms with van der Waals surface area (Å²) >= 11 is 7.68. The van der Waals surface area contributed by atoms with E-state index in [2.05, 4.69) is 37.1 Å². The molecule has 0 bridgehead atoms. The smallest absolute Gasteiger partial charge is 0.0931 e. The second-order valence-corrected chi connectivity index (χ2v) is 7.05. The largest absolute Gasteiger partial charge is 0.309 e. The van der Waals surface area contributed by atoms with Crippen molar-refractivity contribution in [3.05, 3.63) is 21.3 Å². The average molecular weight is 273 g/mol. The van der Waals surface area contributed by atoms with Gasteiger partial charge >= 0.3 is 0 Å². The lowest BCUT2D eigenvalue weighted by Gasteiger charge is -2.44. The van der Waals surface area contributed by atoms with E-state index in [1.807, 2.05) is 6.07 Å². The normalized spacial score (nSPS) is 30.7. The minimum atomic E-state index is 0.258. The summed E-state index contributed by atoms with van der Waals surface area (Å²) in [6, 6.07) is 4.73. The summed E-state index contributed by atoms with van der Waals surface area (Å²) in [5, 5.41) is 3.65. The highest BCUT2D eigenvalue weighted by molar-refractivity contribution is 7.16. The molecule has 0 radical (unpaired) electrons. The van der Waals surface area contributed by atoms with Crippen molar-refractivity contribution in [3.8, 4) is 0 Å². The molecule has 1 aliphatic rings. The zero-order valence-electron chi connectivity index (χ0n) is 10.8. The molecule has 17 heavy (non-hydrogen) atoms. The molecular formula is C13H21ClN2S. The van der Waals surface area contributed by atoms with Gasteiger partial charge in [-0.15, -0.1) is 11.3 Å². The number of hydrogen-bond donors (Lipinski definition) is 1. The quantitative estimate of drug-likeness (QED) is 0.908. The highest BCUT2D eigenvalue weighted by atomic mass is 35.5. The molecule has 0 aliphatic carbocycles. The molecule has 2 unspecified atom stereocenters. The first-order valence-electron chi connectivity index (χ1n) is 6.26. The zero-order valence-corrected chi connectivity index (χ0v) is 12.4. The highest BCUT2D eigenvalue weighted by Gasteiger charge is 2.32. The number of piperazine rings is 1. The monoisotopic (exact) mass is 272 g/mol. The van der Waals surface area contributed by atoms with E-state index in [-0.39, 0.29) is 5.54 Å². The van der Waals surface area contributed by atoms with Gasteiger partial charge < -0.3 is 5.32 Å². The third-order valence-electron chi connectivity index (χ3n) is 3.77. The maximum Gasteiger partial charge on any atom is 0.0931 e. The van der Waals surface area contributed by atoms with Gasteiger partial charge in [-0.1, -0.05) is 18.5 Å². The van der Waals surface area contributed by atoms with Gasteiger partial charge in [-0.05, 0) is 32.4 Å². The van der Waals surface area contributed by atoms with E-state index < -0.39 is 0 Å². The molecule has 1 N–H and O–H groups in total. The van der Waals surface area contributed by atoms with E-state index in [1.165, 1.54) is 11.3 Å². The van der Waals surface area contributed by atoms with Gasteiger partial charge in [0.05, 0.1) is 4.34 Å². The van der Waals surface area contributed by atoms with Gasteiger partial charge in [0.1, 0.15) is 0 Å². The lowest BCUT2D eigenvalue weighted by atomic mass is 9.94. The molecule has 0 saturated carbocycles. The fourth-order valence-electron chi connectivity index (χ4n) is 2.27. The van der Waals surface area contributed by atoms with Crippen LogP contribution in [0.15, 0.2) is 12.1 Å². The lowest BCUT2D eigenvalue weighted by Crippen LogP contribution is -2.61. The summed E-state index contributed by atoms with van der Waals surface area (Å²) in [5.41, 5.74) is 0.258. The van der Waals surface area contributed by atoms with Crippen LogP contribution in [0.25, 0.3) is 0 Å². The molecule has 0 amide bonds. The minimum Gasteiger partial charge on any atom is -0.309 e. The number of thiophene rings is 1. The molecule has 1 fully saturated rings. The van der Waals surface area contributed by atoms with Crippen LogP contribution in [-0.2, 0) is 6.54 Å². The Balaban J connectivity index is 2.03. The maximum absolute atomic E-state index is 5.99. The Morgan fingerprint density at radius 3 is 2.94 bits per heavy atom. The predicted octanol–water partition coefficient (Wildman–Crippen LogP) is 3.36. The number of halogens is 1. The van der Waals surface area contributed by atoms with E-state index in [0.717, 1.165) is 24.0 Å². The third-order valence-corrected chi connectivity index (χ3v) is 4.98. The van der Waals surface area contributed by atoms with Crippen molar-refractivity contribution in [1.82, 2.24) is 10.2 Å². The Labute approximate surface area is 113 Å². The number of hydrogen-bond acceptors (Lipinski definition) is 3. The minimum absolute atomic E-state index is 0.258. The summed E-state index contributed by atoms with van der Waals surface area (Å²) in [7, 11) is 0. The Kier molecular flexibility index (Phi) is 4.14. The Morgan fingerprint density at radius 1 is 1.59 bits per heavy atom. The first-order chi connectivity index (χ1) is 8.02. The summed E-state index contributed by atoms with van der Waals surface area (Å²) in [5.74, 6) is 0. The molecule has 1 aliphatic heterocycles. The second-order valence-electron chi connectivity index (χ2n) is 5.25. The summed E-state index contributed by atoms with van der Waals surface area (Å²) < 4.78 is 0.890. The highest BCUT2D eigenvalue weighted by Crippen LogP contribution is 2.26. The van der Waals surface area contributed by atoms with Crippen LogP contribution in [-0.4, -0.2) is 29.6 Å². The van der Waals surface area contributed by atoms with E-state index in [9.17, 15) is 0 Å². The van der Waals surface area contributed by atoms with Crippen molar-refractivity contribution in [1.29, 1.82) is 0 Å². The predicted molar refractivity (Wildman–Crippen MR) is 75.9 cm³/mol. The Hall–Kier alpha value is -0.0900. The maximum atomic E-state index is 5.99. The van der Waals surface area contributed by atoms with Crippen molar-refractivity contribution in [2.45, 2.75) is 45.3 Å². The van der Waals surface area contributed by atoms with E-state index in [4.69, 9.17) is 11.6 Å². The van der Waals surface area contributed by atoms with Crippen LogP contribution in [0.4, 0.5) is 0 Å². The van der Waals surface area contributed by atoms with Crippen molar-refractivity contribution in [2.24, 2.45) is 0 Å². The number of nitrogens with one attached hydrogen (secondary N) is 1. The molecule has 2 heterocycles. The van der Waals surface area contributed by atoms with Crippen LogP contribution in [0.1, 0.15) is 32.1 Å². The van der Waals surface area contributed by atoms with Gasteiger partial charge in [-0.3, -0.25) is 4.90 Å². The molecule has 1 aromatic rings. The fourth-order valence-corrected chi connectivity index (χ4v) is 3.38. The lowest BCUT2D eigenvalue weighted by molar-refractivity contribution is 0.0875. The van der Waals surface area contributed by atoms with E-state index in [0.29, 0.717) is 6.04 Å². The van der Waals surface area contributed by atoms with Gasteiger partial charge in [0.15, 0.2) is 0 Å². The van der Waals surface area contributed by atoms with Crippen LogP contribution >= 0.6 is 22.9 Å². The van der Waals surface area contributed by atoms with E-state index >= 15 is 0 Å². The number of rotatable bonds is 3. The topological polar surface area (TPSA) is 15.3 Å². The van der Waals surface area contributed by atoms with Gasteiger partial charge in [0, 0.05) is 36.1 Å². The zero-order chi connectivity index (χ0) is 12.5. The van der Waals surface area contributed by atoms with Gasteiger partial charge in [0.2, 0.25) is 0 Å². The third kappa shape index (κ3) is 3.22. The van der Waals surface area contributed by atoms with Gasteiger partial charge in [-0.25, -0.2) is 0 Å². The van der Waals surface area contributed by atoms with Crippen LogP contribution in [0.5, 0.6) is 0 Å². The van der Waals surface area contributed by atoms with Gasteiger partial charge in [0.25, 0.3) is 0 Å². The summed E-state index contributed by atoms with van der Waals surface area (Å²) in [6.45, 7) is 10.1. The van der Waals surface area contributed by atoms with E-state index in [1.54, 1.807) is 11.3 Å². The first-order valence-corrected chi connectivity index (χ1v) is 7.45. The molecular weight excluding hydrogens is 252 g/mol. The molecule has 0 spiro atoms. The van der Waals surface area contributed by atoms with Crippen molar-refractivity contribution in [2.75, 3.05) is 13.1 Å². The molecule has 4 heteroatoms. The first kappa shape index (κ1) is 13.3. The standard InChI is InChI=1S/C13H21ClN2S/c1-4-13(3)9-16(10(2)7-15-13)8-11-5-6-12(14)17-11/h5-6,10,15H,4,7-9H2,1-3H3. The molecule has 2 nitrogen and oxygen atoms in total. The Bertz CT molecular complexity index is 379. The molecule has 1 aromatic heterocycles. The van der Waals surface area contributed by atoms with Crippen LogP contribution in [0, 0.1) is 0 Å². The van der Waals surface area contributed by atoms with Crippen molar-refractivity contribution < 1.29 is 0 Å².